The van der Waals surface area contributed by atoms with Gasteiger partial charge in [0, 0.05) is 11.1 Å². The summed E-state index contributed by atoms with van der Waals surface area (Å²) in [6.45, 7) is 2.07. The lowest BCUT2D eigenvalue weighted by Crippen LogP contribution is -1.98. The van der Waals surface area contributed by atoms with E-state index in [1.165, 1.54) is 11.9 Å². The molecule has 4 aromatic rings. The van der Waals surface area contributed by atoms with Crippen molar-refractivity contribution in [2.45, 2.75) is 6.92 Å². The summed E-state index contributed by atoms with van der Waals surface area (Å²) >= 11 is 0. The van der Waals surface area contributed by atoms with Crippen LogP contribution in [0.2, 0.25) is 0 Å². The first-order valence-corrected chi connectivity index (χ1v) is 8.28. The number of hydrogen-bond acceptors (Lipinski definition) is 5. The van der Waals surface area contributed by atoms with Crippen molar-refractivity contribution in [3.05, 3.63) is 66.5 Å². The fourth-order valence-corrected chi connectivity index (χ4v) is 2.93. The van der Waals surface area contributed by atoms with Crippen molar-refractivity contribution in [1.29, 1.82) is 0 Å². The van der Waals surface area contributed by atoms with E-state index in [0.29, 0.717) is 11.5 Å². The maximum absolute atomic E-state index is 6.05. The number of aryl methyl sites for hydroxylation is 1. The monoisotopic (exact) mass is 342 g/mol. The van der Waals surface area contributed by atoms with Gasteiger partial charge in [-0.15, -0.1) is 0 Å². The third kappa shape index (κ3) is 2.84. The Morgan fingerprint density at radius 1 is 0.885 bits per heavy atom. The van der Waals surface area contributed by atoms with Gasteiger partial charge < -0.3 is 10.5 Å². The molecule has 0 saturated carbocycles. The van der Waals surface area contributed by atoms with E-state index in [-0.39, 0.29) is 0 Å². The summed E-state index contributed by atoms with van der Waals surface area (Å²) in [6.07, 6.45) is 1.44. The molecule has 0 amide bonds. The van der Waals surface area contributed by atoms with Crippen LogP contribution in [-0.2, 0) is 0 Å². The lowest BCUT2D eigenvalue weighted by molar-refractivity contribution is 0.415. The Kier molecular flexibility index (Phi) is 3.97. The van der Waals surface area contributed by atoms with Crippen LogP contribution in [0.1, 0.15) is 5.56 Å². The zero-order valence-electron chi connectivity index (χ0n) is 14.6. The van der Waals surface area contributed by atoms with Gasteiger partial charge in [0.1, 0.15) is 17.9 Å². The second kappa shape index (κ2) is 6.44. The Balaban J connectivity index is 1.99. The van der Waals surface area contributed by atoms with Crippen LogP contribution in [0.5, 0.6) is 5.75 Å². The molecule has 0 fully saturated rings. The Labute approximate surface area is 151 Å². The summed E-state index contributed by atoms with van der Waals surface area (Å²) in [5, 5.41) is 0.750. The summed E-state index contributed by atoms with van der Waals surface area (Å²) < 4.78 is 5.26. The molecular weight excluding hydrogens is 324 g/mol. The molecule has 2 N–H and O–H groups in total. The number of benzene rings is 2. The van der Waals surface area contributed by atoms with Crippen molar-refractivity contribution in [2.24, 2.45) is 0 Å². The highest BCUT2D eigenvalue weighted by atomic mass is 16.5. The van der Waals surface area contributed by atoms with E-state index in [4.69, 9.17) is 15.5 Å². The highest BCUT2D eigenvalue weighted by molar-refractivity contribution is 5.94. The molecular formula is C21H18N4O. The maximum Gasteiger partial charge on any atom is 0.165 e. The number of pyridine rings is 1. The predicted molar refractivity (Wildman–Crippen MR) is 104 cm³/mol. The lowest BCUT2D eigenvalue weighted by Gasteiger charge is -2.12. The van der Waals surface area contributed by atoms with Crippen LogP contribution in [0.3, 0.4) is 0 Å². The van der Waals surface area contributed by atoms with Crippen molar-refractivity contribution in [2.75, 3.05) is 12.8 Å². The van der Waals surface area contributed by atoms with Crippen LogP contribution in [0.15, 0.2) is 60.9 Å². The van der Waals surface area contributed by atoms with Gasteiger partial charge in [-0.25, -0.2) is 15.0 Å². The first kappa shape index (κ1) is 16.0. The van der Waals surface area contributed by atoms with Crippen molar-refractivity contribution >= 4 is 16.9 Å². The zero-order valence-corrected chi connectivity index (χ0v) is 14.6. The summed E-state index contributed by atoms with van der Waals surface area (Å²) in [5.41, 5.74) is 11.7. The van der Waals surface area contributed by atoms with Gasteiger partial charge in [-0.05, 0) is 42.8 Å². The highest BCUT2D eigenvalue weighted by Crippen LogP contribution is 2.34. The Morgan fingerprint density at radius 2 is 1.58 bits per heavy atom. The van der Waals surface area contributed by atoms with E-state index >= 15 is 0 Å². The van der Waals surface area contributed by atoms with Gasteiger partial charge in [-0.2, -0.15) is 0 Å². The van der Waals surface area contributed by atoms with E-state index in [0.717, 1.165) is 33.5 Å². The second-order valence-corrected chi connectivity index (χ2v) is 6.11. The molecule has 2 aromatic carbocycles. The lowest BCUT2D eigenvalue weighted by atomic mass is 9.97. The Bertz CT molecular complexity index is 1070. The molecule has 5 heteroatoms. The van der Waals surface area contributed by atoms with Gasteiger partial charge in [0.2, 0.25) is 0 Å². The molecule has 0 atom stereocenters. The molecule has 0 aliphatic rings. The summed E-state index contributed by atoms with van der Waals surface area (Å²) in [6, 6.07) is 18.2. The Hall–Kier alpha value is -3.47. The molecule has 5 nitrogen and oxygen atoms in total. The number of hydrogen-bond donors (Lipinski definition) is 1. The van der Waals surface area contributed by atoms with Gasteiger partial charge in [0.15, 0.2) is 5.65 Å². The minimum atomic E-state index is 0.428. The number of nitrogens with two attached hydrogens (primary N) is 1. The molecule has 0 bridgehead atoms. The molecule has 128 valence electrons. The number of nitrogen functional groups attached to an aromatic ring is 1. The second-order valence-electron chi connectivity index (χ2n) is 6.11. The minimum Gasteiger partial charge on any atom is -0.497 e. The summed E-state index contributed by atoms with van der Waals surface area (Å²) in [7, 11) is 1.65. The molecule has 0 aliphatic heterocycles. The number of fused-ring (bicyclic) bond motifs is 1. The van der Waals surface area contributed by atoms with E-state index in [1.54, 1.807) is 7.11 Å². The molecule has 2 heterocycles. The third-order valence-electron chi connectivity index (χ3n) is 4.38. The van der Waals surface area contributed by atoms with Crippen LogP contribution in [0.4, 0.5) is 5.82 Å². The topological polar surface area (TPSA) is 73.9 Å². The van der Waals surface area contributed by atoms with Crippen LogP contribution in [-0.4, -0.2) is 22.1 Å². The molecule has 0 radical (unpaired) electrons. The zero-order chi connectivity index (χ0) is 18.1. The van der Waals surface area contributed by atoms with Gasteiger partial charge in [-0.1, -0.05) is 29.8 Å². The minimum absolute atomic E-state index is 0.428. The van der Waals surface area contributed by atoms with Crippen molar-refractivity contribution < 1.29 is 4.74 Å². The molecule has 4 rings (SSSR count). The number of anilines is 1. The van der Waals surface area contributed by atoms with Crippen molar-refractivity contribution in [3.63, 3.8) is 0 Å². The number of aromatic nitrogens is 3. The van der Waals surface area contributed by atoms with Gasteiger partial charge in [0.05, 0.1) is 18.2 Å². The van der Waals surface area contributed by atoms with Gasteiger partial charge in [0.25, 0.3) is 0 Å². The summed E-state index contributed by atoms with van der Waals surface area (Å²) in [4.78, 5) is 13.2. The van der Waals surface area contributed by atoms with Crippen LogP contribution < -0.4 is 10.5 Å². The quantitative estimate of drug-likeness (QED) is 0.602. The number of rotatable bonds is 3. The van der Waals surface area contributed by atoms with Gasteiger partial charge in [-0.3, -0.25) is 0 Å². The van der Waals surface area contributed by atoms with E-state index in [1.807, 2.05) is 30.3 Å². The van der Waals surface area contributed by atoms with E-state index in [9.17, 15) is 0 Å². The van der Waals surface area contributed by atoms with Crippen LogP contribution >= 0.6 is 0 Å². The normalized spacial score (nSPS) is 10.8. The van der Waals surface area contributed by atoms with Crippen molar-refractivity contribution in [3.8, 4) is 28.1 Å². The van der Waals surface area contributed by atoms with Crippen LogP contribution in [0.25, 0.3) is 33.4 Å². The average molecular weight is 342 g/mol. The molecule has 0 unspecified atom stereocenters. The smallest absolute Gasteiger partial charge is 0.165 e. The van der Waals surface area contributed by atoms with Crippen LogP contribution in [0, 0.1) is 6.92 Å². The average Bonchev–Trinajstić information content (AvgIpc) is 2.68. The fraction of sp³-hybridized carbons (Fsp3) is 0.0952. The summed E-state index contributed by atoms with van der Waals surface area (Å²) in [5.74, 6) is 1.23. The predicted octanol–water partition coefficient (Wildman–Crippen LogP) is 4.26. The first-order valence-electron chi connectivity index (χ1n) is 8.28. The molecule has 0 aliphatic carbocycles. The largest absolute Gasteiger partial charge is 0.497 e. The maximum atomic E-state index is 6.05. The van der Waals surface area contributed by atoms with Gasteiger partial charge >= 0.3 is 0 Å². The number of methoxy groups -OCH3 is 1. The SMILES string of the molecule is COc1ccc(-c2nc3ncnc(N)c3cc2-c2ccc(C)cc2)cc1. The fourth-order valence-electron chi connectivity index (χ4n) is 2.93. The number of ether oxygens (including phenoxy) is 1. The first-order chi connectivity index (χ1) is 12.7. The standard InChI is InChI=1S/C21H18N4O/c1-13-3-5-14(6-4-13)17-11-18-20(22)23-12-24-21(18)25-19(17)15-7-9-16(26-2)10-8-15/h3-12H,1-2H3,(H2,22,23,24,25). The van der Waals surface area contributed by atoms with E-state index in [2.05, 4.69) is 41.2 Å². The Morgan fingerprint density at radius 3 is 2.27 bits per heavy atom. The molecule has 0 spiro atoms. The third-order valence-corrected chi connectivity index (χ3v) is 4.38. The highest BCUT2D eigenvalue weighted by Gasteiger charge is 2.14. The van der Waals surface area contributed by atoms with E-state index < -0.39 is 0 Å². The molecule has 2 aromatic heterocycles. The number of nitrogens with zero attached hydrogens (tertiary/aromatic N) is 3. The molecule has 0 saturated heterocycles. The molecule has 26 heavy (non-hydrogen) atoms. The van der Waals surface area contributed by atoms with Crippen molar-refractivity contribution in [1.82, 2.24) is 15.0 Å².